The summed E-state index contributed by atoms with van der Waals surface area (Å²) in [6.07, 6.45) is 2.40. The van der Waals surface area contributed by atoms with Gasteiger partial charge in [-0.25, -0.2) is 0 Å². The first-order chi connectivity index (χ1) is 9.10. The molecule has 0 saturated heterocycles. The number of carbonyl (C=O) groups excluding carboxylic acids is 1. The summed E-state index contributed by atoms with van der Waals surface area (Å²) in [7, 11) is 0. The van der Waals surface area contributed by atoms with Gasteiger partial charge in [0, 0.05) is 6.92 Å². The molecule has 4 heteroatoms. The second kappa shape index (κ2) is 6.17. The second-order valence-corrected chi connectivity index (χ2v) is 5.23. The van der Waals surface area contributed by atoms with Crippen LogP contribution in [0.1, 0.15) is 31.7 Å². The van der Waals surface area contributed by atoms with Gasteiger partial charge in [-0.05, 0) is 24.8 Å². The lowest BCUT2D eigenvalue weighted by Crippen LogP contribution is -2.51. The molecule has 104 valence electrons. The zero-order chi connectivity index (χ0) is 13.7. The maximum absolute atomic E-state index is 11.1. The maximum atomic E-state index is 11.1. The van der Waals surface area contributed by atoms with Crippen molar-refractivity contribution in [2.75, 3.05) is 6.61 Å². The van der Waals surface area contributed by atoms with Crippen LogP contribution >= 0.6 is 0 Å². The Kier molecular flexibility index (Phi) is 4.56. The minimum Gasteiger partial charge on any atom is -0.385 e. The fourth-order valence-corrected chi connectivity index (χ4v) is 2.60. The minimum atomic E-state index is -0.930. The van der Waals surface area contributed by atoms with Crippen LogP contribution in [-0.4, -0.2) is 29.3 Å². The van der Waals surface area contributed by atoms with Gasteiger partial charge in [-0.3, -0.25) is 4.79 Å². The third kappa shape index (κ3) is 3.78. The molecular weight excluding hydrogens is 242 g/mol. The topological polar surface area (TPSA) is 58.6 Å². The van der Waals surface area contributed by atoms with Crippen LogP contribution in [0.5, 0.6) is 0 Å². The highest BCUT2D eigenvalue weighted by molar-refractivity contribution is 5.73. The average Bonchev–Trinajstić information content (AvgIpc) is 2.72. The van der Waals surface area contributed by atoms with E-state index in [9.17, 15) is 9.90 Å². The van der Waals surface area contributed by atoms with Gasteiger partial charge >= 0.3 is 0 Å². The molecule has 4 nitrogen and oxygen atoms in total. The largest absolute Gasteiger partial charge is 0.385 e. The van der Waals surface area contributed by atoms with Gasteiger partial charge in [0.2, 0.25) is 5.91 Å². The predicted octanol–water partition coefficient (Wildman–Crippen LogP) is 1.62. The molecule has 0 heterocycles. The Labute approximate surface area is 113 Å². The highest BCUT2D eigenvalue weighted by atomic mass is 16.5. The summed E-state index contributed by atoms with van der Waals surface area (Å²) >= 11 is 0. The van der Waals surface area contributed by atoms with Gasteiger partial charge in [0.15, 0.2) is 0 Å². The highest BCUT2D eigenvalue weighted by Crippen LogP contribution is 2.30. The quantitative estimate of drug-likeness (QED) is 0.848. The van der Waals surface area contributed by atoms with E-state index in [2.05, 4.69) is 5.32 Å². The van der Waals surface area contributed by atoms with E-state index in [0.29, 0.717) is 13.0 Å². The Morgan fingerprint density at radius 2 is 2.21 bits per heavy atom. The van der Waals surface area contributed by atoms with Crippen LogP contribution in [0.4, 0.5) is 0 Å². The van der Waals surface area contributed by atoms with Gasteiger partial charge in [0.05, 0.1) is 19.3 Å². The van der Waals surface area contributed by atoms with E-state index < -0.39 is 5.60 Å². The number of ether oxygens (including phenoxy) is 1. The van der Waals surface area contributed by atoms with Crippen LogP contribution < -0.4 is 5.32 Å². The standard InChI is InChI=1S/C15H21NO3/c1-12(17)16-14-8-5-9-15(14,18)11-19-10-13-6-3-2-4-7-13/h2-4,6-7,14,18H,5,8-11H2,1H3,(H,16,17)/t14-,15+/m1/s1. The van der Waals surface area contributed by atoms with Crippen LogP contribution in [0.15, 0.2) is 30.3 Å². The molecule has 0 aromatic heterocycles. The lowest BCUT2D eigenvalue weighted by atomic mass is 9.99. The molecule has 2 atom stereocenters. The van der Waals surface area contributed by atoms with E-state index in [4.69, 9.17) is 4.74 Å². The van der Waals surface area contributed by atoms with Crippen molar-refractivity contribution in [2.45, 2.75) is 44.4 Å². The van der Waals surface area contributed by atoms with Crippen molar-refractivity contribution in [2.24, 2.45) is 0 Å². The summed E-state index contributed by atoms with van der Waals surface area (Å²) in [4.78, 5) is 11.1. The summed E-state index contributed by atoms with van der Waals surface area (Å²) in [6, 6.07) is 9.67. The molecule has 0 aliphatic heterocycles. The monoisotopic (exact) mass is 263 g/mol. The van der Waals surface area contributed by atoms with Crippen LogP contribution in [0.3, 0.4) is 0 Å². The van der Waals surface area contributed by atoms with E-state index in [-0.39, 0.29) is 18.6 Å². The zero-order valence-corrected chi connectivity index (χ0v) is 11.3. The van der Waals surface area contributed by atoms with Gasteiger partial charge < -0.3 is 15.2 Å². The molecule has 1 aliphatic rings. The molecule has 1 amide bonds. The lowest BCUT2D eigenvalue weighted by molar-refractivity contribution is -0.123. The van der Waals surface area contributed by atoms with Crippen LogP contribution in [0, 0.1) is 0 Å². The van der Waals surface area contributed by atoms with Gasteiger partial charge in [-0.2, -0.15) is 0 Å². The van der Waals surface area contributed by atoms with Crippen molar-refractivity contribution < 1.29 is 14.6 Å². The third-order valence-electron chi connectivity index (χ3n) is 3.59. The molecule has 19 heavy (non-hydrogen) atoms. The summed E-state index contributed by atoms with van der Waals surface area (Å²) in [6.45, 7) is 2.21. The zero-order valence-electron chi connectivity index (χ0n) is 11.3. The van der Waals surface area contributed by atoms with Crippen LogP contribution in [0.25, 0.3) is 0 Å². The summed E-state index contributed by atoms with van der Waals surface area (Å²) in [5.74, 6) is -0.103. The first kappa shape index (κ1) is 14.0. The molecule has 1 aromatic carbocycles. The Morgan fingerprint density at radius 3 is 2.89 bits per heavy atom. The van der Waals surface area contributed by atoms with Crippen LogP contribution in [0.2, 0.25) is 0 Å². The average molecular weight is 263 g/mol. The number of aliphatic hydroxyl groups is 1. The summed E-state index contributed by atoms with van der Waals surface area (Å²) in [5.41, 5.74) is 0.153. The normalized spacial score (nSPS) is 26.3. The lowest BCUT2D eigenvalue weighted by Gasteiger charge is -2.30. The number of hydrogen-bond acceptors (Lipinski definition) is 3. The third-order valence-corrected chi connectivity index (χ3v) is 3.59. The Bertz CT molecular complexity index is 421. The fraction of sp³-hybridized carbons (Fsp3) is 0.533. The predicted molar refractivity (Wildman–Crippen MR) is 72.5 cm³/mol. The first-order valence-electron chi connectivity index (χ1n) is 6.71. The molecule has 0 bridgehead atoms. The molecule has 1 saturated carbocycles. The summed E-state index contributed by atoms with van der Waals surface area (Å²) in [5, 5.41) is 13.4. The van der Waals surface area contributed by atoms with Crippen molar-refractivity contribution in [3.05, 3.63) is 35.9 Å². The molecule has 1 fully saturated rings. The first-order valence-corrected chi connectivity index (χ1v) is 6.71. The number of nitrogens with one attached hydrogen (secondary N) is 1. The van der Waals surface area contributed by atoms with Crippen molar-refractivity contribution in [1.29, 1.82) is 0 Å². The van der Waals surface area contributed by atoms with Crippen LogP contribution in [-0.2, 0) is 16.1 Å². The van der Waals surface area contributed by atoms with E-state index in [1.165, 1.54) is 6.92 Å². The number of hydrogen-bond donors (Lipinski definition) is 2. The van der Waals surface area contributed by atoms with Crippen molar-refractivity contribution in [1.82, 2.24) is 5.32 Å². The van der Waals surface area contributed by atoms with E-state index >= 15 is 0 Å². The molecular formula is C15H21NO3. The smallest absolute Gasteiger partial charge is 0.217 e. The number of rotatable bonds is 5. The number of benzene rings is 1. The second-order valence-electron chi connectivity index (χ2n) is 5.23. The maximum Gasteiger partial charge on any atom is 0.217 e. The van der Waals surface area contributed by atoms with Gasteiger partial charge in [-0.1, -0.05) is 30.3 Å². The molecule has 0 radical (unpaired) electrons. The Hall–Kier alpha value is -1.39. The SMILES string of the molecule is CC(=O)N[C@@H]1CCC[C@]1(O)COCc1ccccc1. The number of amides is 1. The van der Waals surface area contributed by atoms with E-state index in [1.807, 2.05) is 30.3 Å². The Balaban J connectivity index is 1.85. The van der Waals surface area contributed by atoms with Gasteiger partial charge in [0.25, 0.3) is 0 Å². The molecule has 0 spiro atoms. The molecule has 2 rings (SSSR count). The van der Waals surface area contributed by atoms with E-state index in [0.717, 1.165) is 18.4 Å². The van der Waals surface area contributed by atoms with Crippen molar-refractivity contribution in [3.63, 3.8) is 0 Å². The van der Waals surface area contributed by atoms with Crippen molar-refractivity contribution in [3.8, 4) is 0 Å². The van der Waals surface area contributed by atoms with E-state index in [1.54, 1.807) is 0 Å². The van der Waals surface area contributed by atoms with Gasteiger partial charge in [0.1, 0.15) is 5.60 Å². The fourth-order valence-electron chi connectivity index (χ4n) is 2.60. The van der Waals surface area contributed by atoms with Crippen molar-refractivity contribution >= 4 is 5.91 Å². The molecule has 1 aliphatic carbocycles. The molecule has 2 N–H and O–H groups in total. The molecule has 1 aromatic rings. The number of carbonyl (C=O) groups is 1. The summed E-state index contributed by atoms with van der Waals surface area (Å²) < 4.78 is 5.62. The minimum absolute atomic E-state index is 0.103. The highest BCUT2D eigenvalue weighted by Gasteiger charge is 2.41. The van der Waals surface area contributed by atoms with Gasteiger partial charge in [-0.15, -0.1) is 0 Å². The Morgan fingerprint density at radius 1 is 1.47 bits per heavy atom. The molecule has 0 unspecified atom stereocenters.